The van der Waals surface area contributed by atoms with Crippen molar-refractivity contribution in [3.63, 3.8) is 0 Å². The summed E-state index contributed by atoms with van der Waals surface area (Å²) in [4.78, 5) is 19.1. The third-order valence-corrected chi connectivity index (χ3v) is 5.38. The zero-order valence-electron chi connectivity index (χ0n) is 14.0. The molecule has 1 atom stereocenters. The van der Waals surface area contributed by atoms with Gasteiger partial charge in [-0.25, -0.2) is 4.98 Å². The molecule has 0 bridgehead atoms. The number of nitrogens with one attached hydrogen (secondary N) is 1. The number of pyridine rings is 1. The topological polar surface area (TPSA) is 45.2 Å². The monoisotopic (exact) mass is 321 g/mol. The molecule has 0 radical (unpaired) electrons. The van der Waals surface area contributed by atoms with Gasteiger partial charge in [-0.3, -0.25) is 4.79 Å². The normalized spacial score (nSPS) is 18.0. The minimum Gasteiger partial charge on any atom is -0.367 e. The summed E-state index contributed by atoms with van der Waals surface area (Å²) in [5.41, 5.74) is 2.92. The smallest absolute Gasteiger partial charge is 0.259 e. The molecule has 0 saturated heterocycles. The number of benzene rings is 1. The fraction of sp³-hybridized carbons (Fsp3) is 0.400. The average Bonchev–Trinajstić information content (AvgIpc) is 2.97. The van der Waals surface area contributed by atoms with Gasteiger partial charge < -0.3 is 10.2 Å². The molecule has 4 heteroatoms. The van der Waals surface area contributed by atoms with E-state index >= 15 is 0 Å². The van der Waals surface area contributed by atoms with Gasteiger partial charge in [0.05, 0.1) is 5.56 Å². The molecule has 4 nitrogen and oxygen atoms in total. The number of anilines is 2. The van der Waals surface area contributed by atoms with E-state index in [1.807, 2.05) is 35.2 Å². The van der Waals surface area contributed by atoms with Crippen LogP contribution in [0.3, 0.4) is 0 Å². The highest BCUT2D eigenvalue weighted by Crippen LogP contribution is 2.31. The third kappa shape index (κ3) is 2.77. The molecule has 1 unspecified atom stereocenters. The molecule has 1 aliphatic carbocycles. The van der Waals surface area contributed by atoms with E-state index in [1.54, 1.807) is 6.20 Å². The summed E-state index contributed by atoms with van der Waals surface area (Å²) in [6.07, 6.45) is 6.57. The predicted octanol–water partition coefficient (Wildman–Crippen LogP) is 3.89. The number of fused-ring (bicyclic) bond motifs is 1. The first-order valence-electron chi connectivity index (χ1n) is 8.85. The summed E-state index contributed by atoms with van der Waals surface area (Å²) >= 11 is 0. The SMILES string of the molecule is CC(Nc1ccc(C(=O)N2CCc3ccccc32)cn1)C1CCC1. The molecule has 24 heavy (non-hydrogen) atoms. The summed E-state index contributed by atoms with van der Waals surface area (Å²) in [7, 11) is 0. The quantitative estimate of drug-likeness (QED) is 0.929. The van der Waals surface area contributed by atoms with Crippen LogP contribution in [-0.4, -0.2) is 23.5 Å². The van der Waals surface area contributed by atoms with Crippen LogP contribution in [0, 0.1) is 5.92 Å². The van der Waals surface area contributed by atoms with E-state index in [2.05, 4.69) is 23.3 Å². The van der Waals surface area contributed by atoms with E-state index < -0.39 is 0 Å². The molecule has 0 spiro atoms. The molecule has 2 aliphatic rings. The van der Waals surface area contributed by atoms with Crippen molar-refractivity contribution in [2.75, 3.05) is 16.8 Å². The molecule has 2 heterocycles. The summed E-state index contributed by atoms with van der Waals surface area (Å²) in [5, 5.41) is 3.46. The van der Waals surface area contributed by atoms with Crippen molar-refractivity contribution in [2.24, 2.45) is 5.92 Å². The molecule has 1 aromatic heterocycles. The van der Waals surface area contributed by atoms with Crippen LogP contribution in [0.15, 0.2) is 42.6 Å². The van der Waals surface area contributed by atoms with Crippen molar-refractivity contribution in [3.05, 3.63) is 53.7 Å². The van der Waals surface area contributed by atoms with Gasteiger partial charge in [-0.1, -0.05) is 24.6 Å². The van der Waals surface area contributed by atoms with Crippen LogP contribution in [0.25, 0.3) is 0 Å². The van der Waals surface area contributed by atoms with Crippen LogP contribution in [0.1, 0.15) is 42.1 Å². The maximum absolute atomic E-state index is 12.8. The maximum Gasteiger partial charge on any atom is 0.259 e. The van der Waals surface area contributed by atoms with Crippen molar-refractivity contribution in [1.82, 2.24) is 4.98 Å². The third-order valence-electron chi connectivity index (χ3n) is 5.38. The van der Waals surface area contributed by atoms with Crippen molar-refractivity contribution in [2.45, 2.75) is 38.6 Å². The van der Waals surface area contributed by atoms with Gasteiger partial charge in [0.25, 0.3) is 5.91 Å². The highest BCUT2D eigenvalue weighted by Gasteiger charge is 2.26. The summed E-state index contributed by atoms with van der Waals surface area (Å²) in [5.74, 6) is 1.65. The van der Waals surface area contributed by atoms with Gasteiger partial charge in [-0.15, -0.1) is 0 Å². The lowest BCUT2D eigenvalue weighted by molar-refractivity contribution is 0.0989. The standard InChI is InChI=1S/C20H23N3O/c1-14(15-6-4-7-15)22-19-10-9-17(13-21-19)20(24)23-12-11-16-5-2-3-8-18(16)23/h2-3,5,8-10,13-15H,4,6-7,11-12H2,1H3,(H,21,22). The first-order valence-corrected chi connectivity index (χ1v) is 8.85. The molecule has 1 aromatic carbocycles. The fourth-order valence-electron chi connectivity index (χ4n) is 3.60. The highest BCUT2D eigenvalue weighted by atomic mass is 16.2. The molecule has 4 rings (SSSR count). The van der Waals surface area contributed by atoms with Crippen LogP contribution in [0.2, 0.25) is 0 Å². The largest absolute Gasteiger partial charge is 0.367 e. The Morgan fingerprint density at radius 2 is 2.08 bits per heavy atom. The Bertz CT molecular complexity index is 737. The van der Waals surface area contributed by atoms with Crippen LogP contribution in [0.4, 0.5) is 11.5 Å². The van der Waals surface area contributed by atoms with E-state index in [4.69, 9.17) is 0 Å². The minimum atomic E-state index is 0.0334. The number of carbonyl (C=O) groups excluding carboxylic acids is 1. The molecule has 1 N–H and O–H groups in total. The fourth-order valence-corrected chi connectivity index (χ4v) is 3.60. The van der Waals surface area contributed by atoms with Crippen molar-refractivity contribution in [3.8, 4) is 0 Å². The van der Waals surface area contributed by atoms with E-state index in [9.17, 15) is 4.79 Å². The van der Waals surface area contributed by atoms with Crippen LogP contribution < -0.4 is 10.2 Å². The number of nitrogens with zero attached hydrogens (tertiary/aromatic N) is 2. The van der Waals surface area contributed by atoms with Gasteiger partial charge in [0.2, 0.25) is 0 Å². The number of rotatable bonds is 4. The van der Waals surface area contributed by atoms with Gasteiger partial charge >= 0.3 is 0 Å². The lowest BCUT2D eigenvalue weighted by atomic mass is 9.80. The molecule has 1 saturated carbocycles. The molecule has 1 amide bonds. The predicted molar refractivity (Wildman–Crippen MR) is 96.5 cm³/mol. The first-order chi connectivity index (χ1) is 11.7. The molecule has 1 fully saturated rings. The Labute approximate surface area is 142 Å². The second kappa shape index (κ2) is 6.27. The van der Waals surface area contributed by atoms with E-state index in [1.165, 1.54) is 24.8 Å². The second-order valence-corrected chi connectivity index (χ2v) is 6.89. The minimum absolute atomic E-state index is 0.0334. The zero-order chi connectivity index (χ0) is 16.5. The Balaban J connectivity index is 1.46. The molecule has 124 valence electrons. The first kappa shape index (κ1) is 15.2. The van der Waals surface area contributed by atoms with Crippen LogP contribution in [0.5, 0.6) is 0 Å². The number of hydrogen-bond acceptors (Lipinski definition) is 3. The van der Waals surface area contributed by atoms with Gasteiger partial charge in [0, 0.05) is 24.5 Å². The maximum atomic E-state index is 12.8. The van der Waals surface area contributed by atoms with Crippen LogP contribution >= 0.6 is 0 Å². The number of carbonyl (C=O) groups is 1. The number of hydrogen-bond donors (Lipinski definition) is 1. The van der Waals surface area contributed by atoms with Gasteiger partial charge in [0.1, 0.15) is 5.82 Å². The second-order valence-electron chi connectivity index (χ2n) is 6.89. The van der Waals surface area contributed by atoms with Gasteiger partial charge in [-0.05, 0) is 55.9 Å². The Morgan fingerprint density at radius 1 is 1.25 bits per heavy atom. The van der Waals surface area contributed by atoms with E-state index in [-0.39, 0.29) is 5.91 Å². The molecular weight excluding hydrogens is 298 g/mol. The van der Waals surface area contributed by atoms with E-state index in [0.29, 0.717) is 11.6 Å². The summed E-state index contributed by atoms with van der Waals surface area (Å²) in [6, 6.07) is 12.4. The average molecular weight is 321 g/mol. The zero-order valence-corrected chi connectivity index (χ0v) is 14.0. The van der Waals surface area contributed by atoms with Crippen molar-refractivity contribution in [1.29, 1.82) is 0 Å². The highest BCUT2D eigenvalue weighted by molar-refractivity contribution is 6.07. The lowest BCUT2D eigenvalue weighted by Crippen LogP contribution is -2.31. The van der Waals surface area contributed by atoms with E-state index in [0.717, 1.165) is 30.4 Å². The van der Waals surface area contributed by atoms with Crippen molar-refractivity contribution < 1.29 is 4.79 Å². The Morgan fingerprint density at radius 3 is 2.79 bits per heavy atom. The van der Waals surface area contributed by atoms with Crippen LogP contribution in [-0.2, 0) is 6.42 Å². The molecule has 1 aliphatic heterocycles. The Hall–Kier alpha value is -2.36. The van der Waals surface area contributed by atoms with Crippen molar-refractivity contribution >= 4 is 17.4 Å². The molecule has 2 aromatic rings. The molecular formula is C20H23N3O. The number of para-hydroxylation sites is 1. The summed E-state index contributed by atoms with van der Waals surface area (Å²) in [6.45, 7) is 2.96. The van der Waals surface area contributed by atoms with Gasteiger partial charge in [0.15, 0.2) is 0 Å². The lowest BCUT2D eigenvalue weighted by Gasteiger charge is -2.32. The van der Waals surface area contributed by atoms with Gasteiger partial charge in [-0.2, -0.15) is 0 Å². The summed E-state index contributed by atoms with van der Waals surface area (Å²) < 4.78 is 0. The number of amides is 1. The Kier molecular flexibility index (Phi) is 3.97. The number of aromatic nitrogens is 1.